The van der Waals surface area contributed by atoms with E-state index in [2.05, 4.69) is 66.3 Å². The molecule has 0 radical (unpaired) electrons. The van der Waals surface area contributed by atoms with Crippen LogP contribution < -0.4 is 5.32 Å². The molecule has 3 rings (SSSR count). The Kier molecular flexibility index (Phi) is 5.03. The number of likely N-dealkylation sites (tertiary alicyclic amines) is 1. The van der Waals surface area contributed by atoms with E-state index in [0.717, 1.165) is 27.1 Å². The van der Waals surface area contributed by atoms with Crippen LogP contribution in [0.4, 0.5) is 5.69 Å². The minimum Gasteiger partial charge on any atom is -0.451 e. The van der Waals surface area contributed by atoms with E-state index < -0.39 is 0 Å². The van der Waals surface area contributed by atoms with Crippen molar-refractivity contribution in [1.82, 2.24) is 4.90 Å². The summed E-state index contributed by atoms with van der Waals surface area (Å²) in [7, 11) is 0. The zero-order valence-electron chi connectivity index (χ0n) is 11.7. The van der Waals surface area contributed by atoms with Gasteiger partial charge in [0.25, 0.3) is 0 Å². The Morgan fingerprint density at radius 3 is 2.43 bits per heavy atom. The first-order chi connectivity index (χ1) is 10.2. The minimum absolute atomic E-state index is 0.676. The van der Waals surface area contributed by atoms with Gasteiger partial charge in [0.15, 0.2) is 4.67 Å². The fourth-order valence-electron chi connectivity index (χ4n) is 2.59. The van der Waals surface area contributed by atoms with Gasteiger partial charge in [-0.15, -0.1) is 0 Å². The lowest BCUT2D eigenvalue weighted by molar-refractivity contribution is 0.331. The van der Waals surface area contributed by atoms with Gasteiger partial charge in [0.1, 0.15) is 5.76 Å². The minimum atomic E-state index is 0.676. The van der Waals surface area contributed by atoms with Crippen molar-refractivity contribution >= 4 is 37.5 Å². The van der Waals surface area contributed by atoms with Gasteiger partial charge in [-0.2, -0.15) is 0 Å². The third-order valence-corrected chi connectivity index (χ3v) is 5.43. The molecule has 1 aliphatic heterocycles. The van der Waals surface area contributed by atoms with E-state index in [4.69, 9.17) is 4.42 Å². The maximum Gasteiger partial charge on any atom is 0.183 e. The van der Waals surface area contributed by atoms with Crippen molar-refractivity contribution in [3.63, 3.8) is 0 Å². The Labute approximate surface area is 142 Å². The predicted octanol–water partition coefficient (Wildman–Crippen LogP) is 5.01. The number of rotatable bonds is 5. The van der Waals surface area contributed by atoms with Crippen molar-refractivity contribution in [2.75, 3.05) is 18.4 Å². The molecule has 0 unspecified atom stereocenters. The van der Waals surface area contributed by atoms with E-state index in [-0.39, 0.29) is 0 Å². The Morgan fingerprint density at radius 1 is 1.10 bits per heavy atom. The summed E-state index contributed by atoms with van der Waals surface area (Å²) in [6.07, 6.45) is 2.68. The summed E-state index contributed by atoms with van der Waals surface area (Å²) in [6, 6.07) is 10.7. The first kappa shape index (κ1) is 15.1. The molecule has 1 saturated heterocycles. The van der Waals surface area contributed by atoms with Crippen LogP contribution in [0.5, 0.6) is 0 Å². The second-order valence-corrected chi connectivity index (χ2v) is 6.94. The average Bonchev–Trinajstić information content (AvgIpc) is 3.09. The Bertz CT molecular complexity index is 569. The van der Waals surface area contributed by atoms with Crippen LogP contribution in [0.15, 0.2) is 43.9 Å². The molecule has 1 N–H and O–H groups in total. The van der Waals surface area contributed by atoms with Crippen LogP contribution in [-0.2, 0) is 13.1 Å². The topological polar surface area (TPSA) is 28.4 Å². The van der Waals surface area contributed by atoms with Gasteiger partial charge in [-0.25, -0.2) is 0 Å². The number of halogens is 2. The van der Waals surface area contributed by atoms with Crippen molar-refractivity contribution in [2.24, 2.45) is 0 Å². The van der Waals surface area contributed by atoms with E-state index in [1.54, 1.807) is 0 Å². The van der Waals surface area contributed by atoms with E-state index >= 15 is 0 Å². The molecule has 1 aromatic carbocycles. The molecule has 2 aromatic rings. The molecule has 21 heavy (non-hydrogen) atoms. The molecule has 0 saturated carbocycles. The van der Waals surface area contributed by atoms with E-state index in [0.29, 0.717) is 6.54 Å². The lowest BCUT2D eigenvalue weighted by Gasteiger charge is -2.14. The fraction of sp³-hybridized carbons (Fsp3) is 0.375. The highest BCUT2D eigenvalue weighted by atomic mass is 79.9. The highest BCUT2D eigenvalue weighted by Gasteiger charge is 2.11. The quantitative estimate of drug-likeness (QED) is 0.746. The molecule has 0 amide bonds. The average molecular weight is 414 g/mol. The van der Waals surface area contributed by atoms with Crippen LogP contribution in [0.25, 0.3) is 0 Å². The van der Waals surface area contributed by atoms with Gasteiger partial charge in [-0.05, 0) is 81.6 Å². The molecular weight excluding hydrogens is 396 g/mol. The van der Waals surface area contributed by atoms with Gasteiger partial charge in [0.05, 0.1) is 11.0 Å². The number of anilines is 1. The molecule has 1 fully saturated rings. The lowest BCUT2D eigenvalue weighted by Crippen LogP contribution is -2.18. The summed E-state index contributed by atoms with van der Waals surface area (Å²) in [5.41, 5.74) is 2.50. The molecule has 1 aromatic heterocycles. The van der Waals surface area contributed by atoms with Gasteiger partial charge in [-0.3, -0.25) is 4.90 Å². The van der Waals surface area contributed by atoms with Gasteiger partial charge < -0.3 is 9.73 Å². The van der Waals surface area contributed by atoms with Crippen LogP contribution >= 0.6 is 31.9 Å². The largest absolute Gasteiger partial charge is 0.451 e. The zero-order valence-corrected chi connectivity index (χ0v) is 14.9. The predicted molar refractivity (Wildman–Crippen MR) is 92.4 cm³/mol. The van der Waals surface area contributed by atoms with Crippen molar-refractivity contribution in [2.45, 2.75) is 25.9 Å². The van der Waals surface area contributed by atoms with E-state index in [9.17, 15) is 0 Å². The molecule has 0 atom stereocenters. The number of hydrogen-bond donors (Lipinski definition) is 1. The summed E-state index contributed by atoms with van der Waals surface area (Å²) in [5, 5.41) is 3.37. The molecule has 3 nitrogen and oxygen atoms in total. The summed E-state index contributed by atoms with van der Waals surface area (Å²) in [4.78, 5) is 2.51. The summed E-state index contributed by atoms with van der Waals surface area (Å²) < 4.78 is 7.23. The first-order valence-corrected chi connectivity index (χ1v) is 8.78. The van der Waals surface area contributed by atoms with Crippen molar-refractivity contribution in [3.05, 3.63) is 50.8 Å². The Morgan fingerprint density at radius 2 is 1.81 bits per heavy atom. The Balaban J connectivity index is 1.54. The summed E-state index contributed by atoms with van der Waals surface area (Å²) in [6.45, 7) is 4.22. The maximum atomic E-state index is 5.55. The third kappa shape index (κ3) is 4.11. The van der Waals surface area contributed by atoms with Crippen molar-refractivity contribution in [3.8, 4) is 0 Å². The number of furan rings is 1. The lowest BCUT2D eigenvalue weighted by atomic mass is 10.2. The van der Waals surface area contributed by atoms with Crippen LogP contribution in [0.1, 0.15) is 24.2 Å². The number of hydrogen-bond acceptors (Lipinski definition) is 3. The Hall–Kier alpha value is -0.780. The van der Waals surface area contributed by atoms with Gasteiger partial charge in [-0.1, -0.05) is 12.1 Å². The molecule has 1 aliphatic rings. The molecule has 112 valence electrons. The van der Waals surface area contributed by atoms with Gasteiger partial charge in [0.2, 0.25) is 0 Å². The van der Waals surface area contributed by atoms with Crippen molar-refractivity contribution < 1.29 is 4.42 Å². The van der Waals surface area contributed by atoms with Crippen LogP contribution in [0.2, 0.25) is 0 Å². The highest BCUT2D eigenvalue weighted by Crippen LogP contribution is 2.27. The summed E-state index contributed by atoms with van der Waals surface area (Å²) >= 11 is 6.77. The monoisotopic (exact) mass is 412 g/mol. The van der Waals surface area contributed by atoms with Crippen LogP contribution in [-0.4, -0.2) is 18.0 Å². The van der Waals surface area contributed by atoms with E-state index in [1.807, 2.05) is 6.07 Å². The highest BCUT2D eigenvalue weighted by molar-refractivity contribution is 9.13. The fourth-order valence-corrected chi connectivity index (χ4v) is 3.25. The van der Waals surface area contributed by atoms with Gasteiger partial charge in [0, 0.05) is 12.2 Å². The molecule has 0 spiro atoms. The van der Waals surface area contributed by atoms with Crippen LogP contribution in [0, 0.1) is 0 Å². The normalized spacial score (nSPS) is 15.5. The maximum absolute atomic E-state index is 5.55. The molecular formula is C16H18Br2N2O. The molecule has 5 heteroatoms. The standard InChI is InChI=1S/C16H18Br2N2O/c17-15-9-14(21-16(15)18)10-19-13-5-3-12(4-6-13)11-20-7-1-2-8-20/h3-6,9,19H,1-2,7-8,10-11H2. The van der Waals surface area contributed by atoms with Crippen LogP contribution in [0.3, 0.4) is 0 Å². The second kappa shape index (κ2) is 6.99. The van der Waals surface area contributed by atoms with E-state index in [1.165, 1.54) is 31.5 Å². The molecule has 0 aliphatic carbocycles. The molecule has 2 heterocycles. The number of nitrogens with one attached hydrogen (secondary N) is 1. The SMILES string of the molecule is Brc1cc(CNc2ccc(CN3CCCC3)cc2)oc1Br. The number of benzene rings is 1. The number of nitrogens with zero attached hydrogens (tertiary/aromatic N) is 1. The first-order valence-electron chi connectivity index (χ1n) is 7.19. The summed E-state index contributed by atoms with van der Waals surface area (Å²) in [5.74, 6) is 0.898. The molecule has 0 bridgehead atoms. The second-order valence-electron chi connectivity index (χ2n) is 5.37. The third-order valence-electron chi connectivity index (χ3n) is 3.72. The zero-order chi connectivity index (χ0) is 14.7. The van der Waals surface area contributed by atoms with Gasteiger partial charge >= 0.3 is 0 Å². The van der Waals surface area contributed by atoms with Crippen molar-refractivity contribution in [1.29, 1.82) is 0 Å². The smallest absolute Gasteiger partial charge is 0.183 e.